The Bertz CT molecular complexity index is 1310. The second-order valence-electron chi connectivity index (χ2n) is 10.9. The van der Waals surface area contributed by atoms with Gasteiger partial charge in [-0.05, 0) is 70.1 Å². The number of allylic oxidation sites excluding steroid dienone is 1. The van der Waals surface area contributed by atoms with Crippen molar-refractivity contribution in [2.75, 3.05) is 6.54 Å². The van der Waals surface area contributed by atoms with Gasteiger partial charge < -0.3 is 19.4 Å². The van der Waals surface area contributed by atoms with E-state index in [9.17, 15) is 9.59 Å². The zero-order valence-corrected chi connectivity index (χ0v) is 21.2. The Morgan fingerprint density at radius 3 is 2.58 bits per heavy atom. The summed E-state index contributed by atoms with van der Waals surface area (Å²) in [6, 6.07) is 12.4. The molecule has 2 amide bonds. The lowest BCUT2D eigenvalue weighted by Crippen LogP contribution is -2.65. The smallest absolute Gasteiger partial charge is 0.273 e. The summed E-state index contributed by atoms with van der Waals surface area (Å²) in [5.41, 5.74) is 3.05. The normalized spacial score (nSPS) is 22.6. The molecule has 1 aliphatic heterocycles. The number of rotatable bonds is 6. The molecule has 6 rings (SSSR count). The average Bonchev–Trinajstić information content (AvgIpc) is 3.65. The molecule has 1 atom stereocenters. The molecule has 1 aromatic carbocycles. The van der Waals surface area contributed by atoms with Crippen LogP contribution in [-0.2, 0) is 11.3 Å². The summed E-state index contributed by atoms with van der Waals surface area (Å²) in [6.07, 6.45) is 16.2. The van der Waals surface area contributed by atoms with Gasteiger partial charge in [-0.3, -0.25) is 9.59 Å². The van der Waals surface area contributed by atoms with Crippen molar-refractivity contribution in [3.05, 3.63) is 66.1 Å². The fraction of sp³-hybridized carbons (Fsp3) is 0.467. The predicted octanol–water partition coefficient (Wildman–Crippen LogP) is 5.60. The van der Waals surface area contributed by atoms with Crippen LogP contribution in [0.5, 0.6) is 0 Å². The highest BCUT2D eigenvalue weighted by Gasteiger charge is 2.49. The van der Waals surface area contributed by atoms with Gasteiger partial charge in [-0.2, -0.15) is 0 Å². The lowest BCUT2D eigenvalue weighted by Gasteiger charge is -2.45. The first-order chi connectivity index (χ1) is 17.6. The number of nitrogens with zero attached hydrogens (tertiary/aromatic N) is 3. The van der Waals surface area contributed by atoms with E-state index in [0.717, 1.165) is 61.5 Å². The lowest BCUT2D eigenvalue weighted by molar-refractivity contribution is -0.133. The van der Waals surface area contributed by atoms with E-state index in [1.807, 2.05) is 53.0 Å². The largest absolute Gasteiger partial charge is 0.351 e. The van der Waals surface area contributed by atoms with Crippen LogP contribution in [0.3, 0.4) is 0 Å². The number of hydrogen-bond acceptors (Lipinski definition) is 2. The van der Waals surface area contributed by atoms with E-state index in [1.165, 1.54) is 18.4 Å². The van der Waals surface area contributed by atoms with Crippen molar-refractivity contribution in [1.82, 2.24) is 19.4 Å². The van der Waals surface area contributed by atoms with Gasteiger partial charge in [0.25, 0.3) is 5.91 Å². The van der Waals surface area contributed by atoms with Gasteiger partial charge in [0.15, 0.2) is 0 Å². The van der Waals surface area contributed by atoms with Crippen LogP contribution in [0.4, 0.5) is 0 Å². The molecular formula is C30H36N4O2. The average molecular weight is 485 g/mol. The predicted molar refractivity (Wildman–Crippen MR) is 142 cm³/mol. The van der Waals surface area contributed by atoms with Gasteiger partial charge in [0.2, 0.25) is 5.91 Å². The highest BCUT2D eigenvalue weighted by Crippen LogP contribution is 2.38. The van der Waals surface area contributed by atoms with E-state index >= 15 is 0 Å². The van der Waals surface area contributed by atoms with Crippen LogP contribution < -0.4 is 5.32 Å². The third kappa shape index (κ3) is 3.87. The number of carbonyl (C=O) groups is 2. The van der Waals surface area contributed by atoms with Crippen molar-refractivity contribution in [2.24, 2.45) is 0 Å². The third-order valence-electron chi connectivity index (χ3n) is 8.54. The Morgan fingerprint density at radius 1 is 1.06 bits per heavy atom. The summed E-state index contributed by atoms with van der Waals surface area (Å²) in [5, 5.41) is 4.36. The molecule has 2 aromatic heterocycles. The number of para-hydroxylation sites is 1. The molecular weight excluding hydrogens is 448 g/mol. The summed E-state index contributed by atoms with van der Waals surface area (Å²) in [7, 11) is 0. The van der Waals surface area contributed by atoms with Crippen LogP contribution in [0.25, 0.3) is 16.6 Å². The van der Waals surface area contributed by atoms with Crippen molar-refractivity contribution in [2.45, 2.75) is 82.8 Å². The fourth-order valence-corrected chi connectivity index (χ4v) is 6.50. The maximum Gasteiger partial charge on any atom is 0.273 e. The van der Waals surface area contributed by atoms with E-state index in [-0.39, 0.29) is 17.9 Å². The van der Waals surface area contributed by atoms with Gasteiger partial charge in [-0.25, -0.2) is 0 Å². The number of aromatic nitrogens is 2. The summed E-state index contributed by atoms with van der Waals surface area (Å²) in [5.74, 6) is -0.0760. The van der Waals surface area contributed by atoms with Crippen molar-refractivity contribution < 1.29 is 9.59 Å². The molecule has 188 valence electrons. The second-order valence-corrected chi connectivity index (χ2v) is 10.9. The van der Waals surface area contributed by atoms with Gasteiger partial charge in [-0.15, -0.1) is 0 Å². The molecule has 0 saturated heterocycles. The molecule has 2 aliphatic carbocycles. The Morgan fingerprint density at radius 2 is 1.83 bits per heavy atom. The first-order valence-corrected chi connectivity index (χ1v) is 13.6. The van der Waals surface area contributed by atoms with Crippen molar-refractivity contribution in [3.8, 4) is 5.69 Å². The zero-order valence-electron chi connectivity index (χ0n) is 21.2. The Balaban J connectivity index is 1.44. The van der Waals surface area contributed by atoms with Crippen molar-refractivity contribution >= 4 is 22.7 Å². The van der Waals surface area contributed by atoms with E-state index in [1.54, 1.807) is 0 Å². The summed E-state index contributed by atoms with van der Waals surface area (Å²) in [4.78, 5) is 30.2. The van der Waals surface area contributed by atoms with Crippen molar-refractivity contribution in [1.29, 1.82) is 0 Å². The van der Waals surface area contributed by atoms with E-state index in [4.69, 9.17) is 0 Å². The quantitative estimate of drug-likeness (QED) is 0.463. The molecule has 3 aromatic rings. The van der Waals surface area contributed by atoms with Gasteiger partial charge in [-0.1, -0.05) is 42.7 Å². The van der Waals surface area contributed by atoms with Gasteiger partial charge in [0.05, 0.1) is 17.7 Å². The van der Waals surface area contributed by atoms with Gasteiger partial charge >= 0.3 is 0 Å². The number of hydrogen-bond donors (Lipinski definition) is 1. The molecule has 0 radical (unpaired) electrons. The van der Waals surface area contributed by atoms with Crippen LogP contribution in [0, 0.1) is 0 Å². The van der Waals surface area contributed by atoms with E-state index < -0.39 is 5.54 Å². The number of carbonyl (C=O) groups excluding carboxylic acids is 2. The number of nitrogens with one attached hydrogen (secondary N) is 1. The second kappa shape index (κ2) is 9.30. The molecule has 1 fully saturated rings. The molecule has 3 heterocycles. The highest BCUT2D eigenvalue weighted by molar-refractivity contribution is 6.08. The first-order valence-electron chi connectivity index (χ1n) is 13.6. The van der Waals surface area contributed by atoms with Gasteiger partial charge in [0.1, 0.15) is 11.2 Å². The van der Waals surface area contributed by atoms with Crippen LogP contribution in [0.1, 0.15) is 75.2 Å². The number of amides is 2. The summed E-state index contributed by atoms with van der Waals surface area (Å²) < 4.78 is 4.13. The van der Waals surface area contributed by atoms with Crippen LogP contribution in [0.15, 0.2) is 60.4 Å². The summed E-state index contributed by atoms with van der Waals surface area (Å²) >= 11 is 0. The van der Waals surface area contributed by atoms with E-state index in [2.05, 4.69) is 28.1 Å². The summed E-state index contributed by atoms with van der Waals surface area (Å²) in [6.45, 7) is 2.98. The lowest BCUT2D eigenvalue weighted by atomic mass is 9.92. The maximum absolute atomic E-state index is 14.4. The Hall–Kier alpha value is -3.28. The molecule has 0 bridgehead atoms. The van der Waals surface area contributed by atoms with Crippen LogP contribution in [0.2, 0.25) is 0 Å². The van der Waals surface area contributed by atoms with Crippen LogP contribution in [-0.4, -0.2) is 44.0 Å². The van der Waals surface area contributed by atoms with Gasteiger partial charge in [0, 0.05) is 30.4 Å². The molecule has 0 spiro atoms. The highest BCUT2D eigenvalue weighted by atomic mass is 16.2. The number of fused-ring (bicyclic) bond motifs is 3. The molecule has 6 nitrogen and oxygen atoms in total. The number of benzene rings is 1. The standard InChI is InChI=1S/C30H36N4O2/c1-30(29(36)31-23-13-5-6-14-23)21-33-25-16-8-7-15-24(25)26(32-18-9-10-19-32)27(33)28(35)34(30)20-17-22-11-3-2-4-12-22/h7-11,15-16,18-19,23H,2-6,12-14,17,20-21H2,1H3,(H,31,36)/t30-/m1/s1. The Labute approximate surface area is 213 Å². The maximum atomic E-state index is 14.4. The first kappa shape index (κ1) is 23.1. The van der Waals surface area contributed by atoms with Crippen molar-refractivity contribution in [3.63, 3.8) is 0 Å². The van der Waals surface area contributed by atoms with Crippen LogP contribution >= 0.6 is 0 Å². The molecule has 36 heavy (non-hydrogen) atoms. The minimum Gasteiger partial charge on any atom is -0.351 e. The molecule has 6 heteroatoms. The Kier molecular flexibility index (Phi) is 5.98. The molecule has 1 N–H and O–H groups in total. The molecule has 3 aliphatic rings. The minimum absolute atomic E-state index is 0.0219. The minimum atomic E-state index is -0.947. The SMILES string of the molecule is C[C@]1(C(=O)NC2CCCC2)Cn2c(c(-n3cccc3)c3ccccc32)C(=O)N1CCC1=CCCCC1. The monoisotopic (exact) mass is 484 g/mol. The topological polar surface area (TPSA) is 59.3 Å². The fourth-order valence-electron chi connectivity index (χ4n) is 6.50. The third-order valence-corrected chi connectivity index (χ3v) is 8.54. The van der Waals surface area contributed by atoms with E-state index in [0.29, 0.717) is 18.8 Å². The molecule has 1 saturated carbocycles. The zero-order chi connectivity index (χ0) is 24.7. The molecule has 0 unspecified atom stereocenters.